The summed E-state index contributed by atoms with van der Waals surface area (Å²) in [4.78, 5) is 34.0. The topological polar surface area (TPSA) is 105 Å². The summed E-state index contributed by atoms with van der Waals surface area (Å²) in [6, 6.07) is 5.68. The fourth-order valence-corrected chi connectivity index (χ4v) is 1.47. The Bertz CT molecular complexity index is 489. The molecular formula is C13H16N2O5. The van der Waals surface area contributed by atoms with Crippen LogP contribution in [0.4, 0.5) is 4.79 Å². The van der Waals surface area contributed by atoms with Crippen molar-refractivity contribution in [2.45, 2.75) is 19.0 Å². The summed E-state index contributed by atoms with van der Waals surface area (Å²) in [7, 11) is 1.21. The van der Waals surface area contributed by atoms with Gasteiger partial charge >= 0.3 is 18.0 Å². The lowest BCUT2D eigenvalue weighted by Crippen LogP contribution is -2.47. The van der Waals surface area contributed by atoms with E-state index >= 15 is 0 Å². The van der Waals surface area contributed by atoms with Crippen LogP contribution in [0.2, 0.25) is 0 Å². The van der Waals surface area contributed by atoms with Gasteiger partial charge in [0.1, 0.15) is 6.04 Å². The molecule has 0 aliphatic carbocycles. The molecule has 7 nitrogen and oxygen atoms in total. The maximum absolute atomic E-state index is 11.7. The fraction of sp³-hybridized carbons (Fsp3) is 0.308. The zero-order valence-corrected chi connectivity index (χ0v) is 11.1. The van der Waals surface area contributed by atoms with Crippen LogP contribution in [-0.2, 0) is 14.3 Å². The van der Waals surface area contributed by atoms with E-state index in [0.717, 1.165) is 0 Å². The molecule has 20 heavy (non-hydrogen) atoms. The molecule has 108 valence electrons. The molecule has 0 bridgehead atoms. The molecule has 0 heterocycles. The highest BCUT2D eigenvalue weighted by atomic mass is 16.5. The third-order valence-electron chi connectivity index (χ3n) is 2.56. The number of esters is 1. The summed E-state index contributed by atoms with van der Waals surface area (Å²) in [5.74, 6) is -1.82. The predicted octanol–water partition coefficient (Wildman–Crippen LogP) is 0.673. The number of carbonyl (C=O) groups excluding carboxylic acids is 2. The molecule has 3 N–H and O–H groups in total. The summed E-state index contributed by atoms with van der Waals surface area (Å²) >= 11 is 0. The minimum absolute atomic E-state index is 0.539. The van der Waals surface area contributed by atoms with Gasteiger partial charge in [-0.1, -0.05) is 30.3 Å². The molecule has 0 aliphatic heterocycles. The number of aliphatic carboxylic acids is 1. The van der Waals surface area contributed by atoms with E-state index in [9.17, 15) is 14.4 Å². The van der Waals surface area contributed by atoms with Gasteiger partial charge in [-0.2, -0.15) is 0 Å². The van der Waals surface area contributed by atoms with Crippen molar-refractivity contribution in [2.75, 3.05) is 7.11 Å². The number of hydrogen-bond acceptors (Lipinski definition) is 4. The standard InChI is InChI=1S/C13H16N2O5/c1-8(11(16)17)14-13(19)15-10(12(18)20-2)9-6-4-3-5-7-9/h3-8,10H,1-2H3,(H,16,17)(H2,14,15,19). The van der Waals surface area contributed by atoms with Gasteiger partial charge in [-0.05, 0) is 12.5 Å². The van der Waals surface area contributed by atoms with E-state index in [1.54, 1.807) is 30.3 Å². The zero-order chi connectivity index (χ0) is 15.1. The van der Waals surface area contributed by atoms with E-state index in [2.05, 4.69) is 15.4 Å². The molecular weight excluding hydrogens is 264 g/mol. The van der Waals surface area contributed by atoms with Gasteiger partial charge in [-0.25, -0.2) is 9.59 Å². The SMILES string of the molecule is COC(=O)C(NC(=O)NC(C)C(=O)O)c1ccccc1. The van der Waals surface area contributed by atoms with Crippen LogP contribution in [-0.4, -0.2) is 36.2 Å². The molecule has 2 atom stereocenters. The van der Waals surface area contributed by atoms with Crippen molar-refractivity contribution in [1.82, 2.24) is 10.6 Å². The Hall–Kier alpha value is -2.57. The van der Waals surface area contributed by atoms with E-state index in [4.69, 9.17) is 5.11 Å². The summed E-state index contributed by atoms with van der Waals surface area (Å²) in [6.45, 7) is 1.32. The lowest BCUT2D eigenvalue weighted by atomic mass is 10.1. The Kier molecular flexibility index (Phi) is 5.52. The van der Waals surface area contributed by atoms with Crippen LogP contribution in [0.1, 0.15) is 18.5 Å². The number of ether oxygens (including phenoxy) is 1. The Balaban J connectivity index is 2.79. The number of carboxylic acid groups (broad SMARTS) is 1. The molecule has 7 heteroatoms. The lowest BCUT2D eigenvalue weighted by molar-refractivity contribution is -0.143. The molecule has 1 aromatic carbocycles. The van der Waals surface area contributed by atoms with Crippen LogP contribution in [0.3, 0.4) is 0 Å². The average molecular weight is 280 g/mol. The van der Waals surface area contributed by atoms with Crippen molar-refractivity contribution < 1.29 is 24.2 Å². The predicted molar refractivity (Wildman–Crippen MR) is 70.0 cm³/mol. The maximum atomic E-state index is 11.7. The van der Waals surface area contributed by atoms with Gasteiger partial charge in [0.25, 0.3) is 0 Å². The van der Waals surface area contributed by atoms with Crippen LogP contribution < -0.4 is 10.6 Å². The van der Waals surface area contributed by atoms with Gasteiger partial charge in [0.2, 0.25) is 0 Å². The number of carboxylic acids is 1. The van der Waals surface area contributed by atoms with Crippen LogP contribution in [0.5, 0.6) is 0 Å². The minimum atomic E-state index is -1.17. The molecule has 1 rings (SSSR count). The second kappa shape index (κ2) is 7.13. The molecule has 0 fully saturated rings. The maximum Gasteiger partial charge on any atom is 0.333 e. The van der Waals surface area contributed by atoms with E-state index < -0.39 is 30.1 Å². The smallest absolute Gasteiger partial charge is 0.333 e. The van der Waals surface area contributed by atoms with Gasteiger partial charge in [-0.15, -0.1) is 0 Å². The number of rotatable bonds is 5. The first kappa shape index (κ1) is 15.5. The third-order valence-corrected chi connectivity index (χ3v) is 2.56. The number of hydrogen-bond donors (Lipinski definition) is 3. The van der Waals surface area contributed by atoms with Crippen molar-refractivity contribution in [3.8, 4) is 0 Å². The van der Waals surface area contributed by atoms with Crippen LogP contribution >= 0.6 is 0 Å². The Morgan fingerprint density at radius 2 is 1.75 bits per heavy atom. The average Bonchev–Trinajstić information content (AvgIpc) is 2.44. The monoisotopic (exact) mass is 280 g/mol. The highest BCUT2D eigenvalue weighted by Gasteiger charge is 2.24. The quantitative estimate of drug-likeness (QED) is 0.688. The van der Waals surface area contributed by atoms with Gasteiger partial charge < -0.3 is 20.5 Å². The number of carbonyl (C=O) groups is 3. The number of methoxy groups -OCH3 is 1. The zero-order valence-electron chi connectivity index (χ0n) is 11.1. The van der Waals surface area contributed by atoms with Crippen molar-refractivity contribution in [3.63, 3.8) is 0 Å². The summed E-state index contributed by atoms with van der Waals surface area (Å²) in [5, 5.41) is 13.3. The Morgan fingerprint density at radius 3 is 2.25 bits per heavy atom. The summed E-state index contributed by atoms with van der Waals surface area (Å²) in [6.07, 6.45) is 0. The Labute approximate surface area is 115 Å². The largest absolute Gasteiger partial charge is 0.480 e. The van der Waals surface area contributed by atoms with Crippen molar-refractivity contribution in [3.05, 3.63) is 35.9 Å². The van der Waals surface area contributed by atoms with Gasteiger partial charge in [0, 0.05) is 0 Å². The van der Waals surface area contributed by atoms with Gasteiger partial charge in [0.05, 0.1) is 7.11 Å². The molecule has 2 amide bonds. The fourth-order valence-electron chi connectivity index (χ4n) is 1.47. The highest BCUT2D eigenvalue weighted by Crippen LogP contribution is 2.13. The molecule has 0 aliphatic rings. The number of nitrogens with one attached hydrogen (secondary N) is 2. The highest BCUT2D eigenvalue weighted by molar-refractivity contribution is 5.87. The van der Waals surface area contributed by atoms with Crippen LogP contribution in [0.15, 0.2) is 30.3 Å². The lowest BCUT2D eigenvalue weighted by Gasteiger charge is -2.18. The summed E-state index contributed by atoms with van der Waals surface area (Å²) in [5.41, 5.74) is 0.539. The molecule has 0 radical (unpaired) electrons. The van der Waals surface area contributed by atoms with Gasteiger partial charge in [-0.3, -0.25) is 4.79 Å². The second-order valence-electron chi connectivity index (χ2n) is 4.04. The number of urea groups is 1. The van der Waals surface area contributed by atoms with Crippen LogP contribution in [0.25, 0.3) is 0 Å². The van der Waals surface area contributed by atoms with E-state index in [-0.39, 0.29) is 0 Å². The second-order valence-corrected chi connectivity index (χ2v) is 4.04. The first-order valence-electron chi connectivity index (χ1n) is 5.88. The van der Waals surface area contributed by atoms with Crippen LogP contribution in [0, 0.1) is 0 Å². The number of amides is 2. The molecule has 0 saturated heterocycles. The normalized spacial score (nSPS) is 12.9. The van der Waals surface area contributed by atoms with Crippen molar-refractivity contribution in [2.24, 2.45) is 0 Å². The third kappa shape index (κ3) is 4.27. The minimum Gasteiger partial charge on any atom is -0.480 e. The molecule has 2 unspecified atom stereocenters. The first-order valence-corrected chi connectivity index (χ1v) is 5.88. The van der Waals surface area contributed by atoms with Crippen molar-refractivity contribution >= 4 is 18.0 Å². The number of benzene rings is 1. The first-order chi connectivity index (χ1) is 9.45. The van der Waals surface area contributed by atoms with E-state index in [1.165, 1.54) is 14.0 Å². The van der Waals surface area contributed by atoms with E-state index in [0.29, 0.717) is 5.56 Å². The molecule has 0 aromatic heterocycles. The Morgan fingerprint density at radius 1 is 1.15 bits per heavy atom. The van der Waals surface area contributed by atoms with Gasteiger partial charge in [0.15, 0.2) is 6.04 Å². The molecule has 0 saturated carbocycles. The molecule has 1 aromatic rings. The molecule has 0 spiro atoms. The van der Waals surface area contributed by atoms with Crippen molar-refractivity contribution in [1.29, 1.82) is 0 Å². The van der Waals surface area contributed by atoms with E-state index in [1.807, 2.05) is 0 Å². The summed E-state index contributed by atoms with van der Waals surface area (Å²) < 4.78 is 4.62.